The Hall–Kier alpha value is -2.58. The molecular weight excluding hydrogens is 336 g/mol. The molecule has 136 valence electrons. The van der Waals surface area contributed by atoms with Crippen LogP contribution < -0.4 is 0 Å². The maximum atomic E-state index is 13.1. The predicted octanol–water partition coefficient (Wildman–Crippen LogP) is 0.487. The molecule has 0 unspecified atom stereocenters. The van der Waals surface area contributed by atoms with Crippen LogP contribution in [0.1, 0.15) is 10.5 Å². The van der Waals surface area contributed by atoms with E-state index in [9.17, 15) is 9.59 Å². The van der Waals surface area contributed by atoms with E-state index in [1.165, 1.54) is 6.20 Å². The number of carbonyl (C=O) groups is 2. The molecule has 0 saturated carbocycles. The highest BCUT2D eigenvalue weighted by atomic mass is 16.5. The number of para-hydroxylation sites is 2. The standard InChI is InChI=1S/C18H20N4O4/c23-17(24)9-21-6-12-7-22(13(8-21)11-26-10-12)18(25)16-5-19-14-3-1-2-4-15(14)20-16/h1-5,12-13H,6-11H2,(H,23,24)/t12-,13-/m0/s1. The zero-order valence-electron chi connectivity index (χ0n) is 14.2. The van der Waals surface area contributed by atoms with Crippen LogP contribution in [0.5, 0.6) is 0 Å². The zero-order valence-corrected chi connectivity index (χ0v) is 14.2. The van der Waals surface area contributed by atoms with Crippen molar-refractivity contribution < 1.29 is 19.4 Å². The molecule has 1 aromatic heterocycles. The van der Waals surface area contributed by atoms with Crippen molar-refractivity contribution >= 4 is 22.9 Å². The number of rotatable bonds is 3. The second-order valence-corrected chi connectivity index (χ2v) is 6.85. The fourth-order valence-corrected chi connectivity index (χ4v) is 3.72. The average molecular weight is 356 g/mol. The molecule has 0 spiro atoms. The van der Waals surface area contributed by atoms with E-state index in [0.29, 0.717) is 44.1 Å². The summed E-state index contributed by atoms with van der Waals surface area (Å²) >= 11 is 0. The Morgan fingerprint density at radius 1 is 1.15 bits per heavy atom. The molecule has 2 saturated heterocycles. The van der Waals surface area contributed by atoms with Crippen LogP contribution in [0.15, 0.2) is 30.5 Å². The van der Waals surface area contributed by atoms with E-state index in [1.54, 1.807) is 4.90 Å². The third-order valence-electron chi connectivity index (χ3n) is 4.83. The second-order valence-electron chi connectivity index (χ2n) is 6.85. The minimum absolute atomic E-state index is 0.0230. The summed E-state index contributed by atoms with van der Waals surface area (Å²) in [6, 6.07) is 7.24. The summed E-state index contributed by atoms with van der Waals surface area (Å²) in [4.78, 5) is 36.6. The average Bonchev–Trinajstić information content (AvgIpc) is 2.91. The Morgan fingerprint density at radius 2 is 1.96 bits per heavy atom. The highest BCUT2D eigenvalue weighted by molar-refractivity contribution is 5.94. The lowest BCUT2D eigenvalue weighted by atomic mass is 10.1. The van der Waals surface area contributed by atoms with Gasteiger partial charge in [-0.1, -0.05) is 12.1 Å². The molecule has 2 aliphatic rings. The van der Waals surface area contributed by atoms with Crippen molar-refractivity contribution in [2.75, 3.05) is 39.4 Å². The van der Waals surface area contributed by atoms with Gasteiger partial charge < -0.3 is 14.7 Å². The van der Waals surface area contributed by atoms with Crippen molar-refractivity contribution in [3.8, 4) is 0 Å². The smallest absolute Gasteiger partial charge is 0.317 e. The summed E-state index contributed by atoms with van der Waals surface area (Å²) in [5.74, 6) is -0.954. The van der Waals surface area contributed by atoms with E-state index < -0.39 is 5.97 Å². The van der Waals surface area contributed by atoms with Crippen LogP contribution in [0.3, 0.4) is 0 Å². The van der Waals surface area contributed by atoms with Crippen LogP contribution in [0, 0.1) is 5.92 Å². The van der Waals surface area contributed by atoms with E-state index in [0.717, 1.165) is 5.52 Å². The van der Waals surface area contributed by atoms with Crippen LogP contribution in [-0.4, -0.2) is 82.2 Å². The van der Waals surface area contributed by atoms with E-state index in [2.05, 4.69) is 9.97 Å². The number of hydrogen-bond acceptors (Lipinski definition) is 6. The van der Waals surface area contributed by atoms with E-state index in [-0.39, 0.29) is 24.4 Å². The Labute approximate surface area is 150 Å². The van der Waals surface area contributed by atoms with Crippen LogP contribution >= 0.6 is 0 Å². The Bertz CT molecular complexity index is 843. The number of carbonyl (C=O) groups excluding carboxylic acids is 1. The van der Waals surface area contributed by atoms with Gasteiger partial charge in [0.1, 0.15) is 5.69 Å². The van der Waals surface area contributed by atoms with Crippen LogP contribution in [0.2, 0.25) is 0 Å². The molecule has 2 bridgehead atoms. The summed E-state index contributed by atoms with van der Waals surface area (Å²) in [5, 5.41) is 9.10. The van der Waals surface area contributed by atoms with Gasteiger partial charge in [-0.3, -0.25) is 19.5 Å². The molecule has 1 N–H and O–H groups in total. The van der Waals surface area contributed by atoms with Gasteiger partial charge in [0.05, 0.1) is 43.0 Å². The number of amides is 1. The van der Waals surface area contributed by atoms with E-state index >= 15 is 0 Å². The van der Waals surface area contributed by atoms with Gasteiger partial charge in [-0.2, -0.15) is 0 Å². The predicted molar refractivity (Wildman–Crippen MR) is 92.7 cm³/mol. The summed E-state index contributed by atoms with van der Waals surface area (Å²) in [5.41, 5.74) is 1.73. The SMILES string of the molecule is O=C(O)CN1C[C@@H]2COC[C@H](C1)N(C(=O)c1cnc3ccccc3n1)C2. The van der Waals surface area contributed by atoms with Gasteiger partial charge in [0.25, 0.3) is 5.91 Å². The largest absolute Gasteiger partial charge is 0.480 e. The number of ether oxygens (including phenoxy) is 1. The third kappa shape index (κ3) is 3.38. The van der Waals surface area contributed by atoms with Gasteiger partial charge in [0, 0.05) is 25.6 Å². The Morgan fingerprint density at radius 3 is 2.77 bits per heavy atom. The molecule has 2 fully saturated rings. The molecule has 8 nitrogen and oxygen atoms in total. The van der Waals surface area contributed by atoms with Crippen molar-refractivity contribution in [3.63, 3.8) is 0 Å². The van der Waals surface area contributed by atoms with Crippen molar-refractivity contribution in [3.05, 3.63) is 36.2 Å². The van der Waals surface area contributed by atoms with Crippen molar-refractivity contribution in [1.29, 1.82) is 0 Å². The number of aliphatic carboxylic acids is 1. The topological polar surface area (TPSA) is 95.9 Å². The maximum absolute atomic E-state index is 13.1. The number of fused-ring (bicyclic) bond motifs is 4. The van der Waals surface area contributed by atoms with Gasteiger partial charge in [-0.25, -0.2) is 4.98 Å². The fourth-order valence-electron chi connectivity index (χ4n) is 3.72. The van der Waals surface area contributed by atoms with Crippen molar-refractivity contribution in [2.24, 2.45) is 5.92 Å². The molecule has 2 atom stereocenters. The maximum Gasteiger partial charge on any atom is 0.317 e. The molecule has 2 aromatic rings. The number of benzene rings is 1. The zero-order chi connectivity index (χ0) is 18.1. The minimum Gasteiger partial charge on any atom is -0.480 e. The van der Waals surface area contributed by atoms with Crippen LogP contribution in [0.25, 0.3) is 11.0 Å². The fraction of sp³-hybridized carbons (Fsp3) is 0.444. The van der Waals surface area contributed by atoms with Crippen LogP contribution in [0.4, 0.5) is 0 Å². The molecule has 26 heavy (non-hydrogen) atoms. The molecule has 0 aliphatic carbocycles. The summed E-state index contributed by atoms with van der Waals surface area (Å²) in [7, 11) is 0. The van der Waals surface area contributed by atoms with E-state index in [4.69, 9.17) is 9.84 Å². The first-order chi connectivity index (χ1) is 12.6. The number of carboxylic acid groups (broad SMARTS) is 1. The third-order valence-corrected chi connectivity index (χ3v) is 4.83. The number of hydrogen-bond donors (Lipinski definition) is 1. The van der Waals surface area contributed by atoms with Gasteiger partial charge in [0.15, 0.2) is 0 Å². The molecule has 1 aromatic carbocycles. The lowest BCUT2D eigenvalue weighted by Gasteiger charge is -2.30. The Kier molecular flexibility index (Phi) is 4.52. The van der Waals surface area contributed by atoms with Gasteiger partial charge in [-0.15, -0.1) is 0 Å². The lowest BCUT2D eigenvalue weighted by Crippen LogP contribution is -2.47. The van der Waals surface area contributed by atoms with Gasteiger partial charge >= 0.3 is 5.97 Å². The first-order valence-corrected chi connectivity index (χ1v) is 8.65. The van der Waals surface area contributed by atoms with Crippen molar-refractivity contribution in [2.45, 2.75) is 6.04 Å². The molecule has 1 amide bonds. The molecule has 2 aliphatic heterocycles. The Balaban J connectivity index is 1.60. The number of nitrogens with zero attached hydrogens (tertiary/aromatic N) is 4. The first kappa shape index (κ1) is 16.9. The number of carboxylic acids is 1. The van der Waals surface area contributed by atoms with E-state index in [1.807, 2.05) is 29.2 Å². The molecular formula is C18H20N4O4. The molecule has 4 rings (SSSR count). The molecule has 8 heteroatoms. The summed E-state index contributed by atoms with van der Waals surface area (Å²) in [6.45, 7) is 2.53. The van der Waals surface area contributed by atoms with Gasteiger partial charge in [0.2, 0.25) is 0 Å². The van der Waals surface area contributed by atoms with Crippen LogP contribution in [-0.2, 0) is 9.53 Å². The lowest BCUT2D eigenvalue weighted by molar-refractivity contribution is -0.138. The number of aromatic nitrogens is 2. The quantitative estimate of drug-likeness (QED) is 0.855. The molecule has 0 radical (unpaired) electrons. The highest BCUT2D eigenvalue weighted by Crippen LogP contribution is 2.21. The van der Waals surface area contributed by atoms with Crippen molar-refractivity contribution in [1.82, 2.24) is 19.8 Å². The second kappa shape index (κ2) is 6.97. The summed E-state index contributed by atoms with van der Waals surface area (Å²) in [6.07, 6.45) is 1.51. The minimum atomic E-state index is -0.857. The first-order valence-electron chi connectivity index (χ1n) is 8.65. The van der Waals surface area contributed by atoms with Gasteiger partial charge in [-0.05, 0) is 12.1 Å². The molecule has 3 heterocycles. The highest BCUT2D eigenvalue weighted by Gasteiger charge is 2.37. The summed E-state index contributed by atoms with van der Waals surface area (Å²) < 4.78 is 5.70. The monoisotopic (exact) mass is 356 g/mol. The normalized spacial score (nSPS) is 23.6.